The Morgan fingerprint density at radius 1 is 1.30 bits per heavy atom. The van der Waals surface area contributed by atoms with Crippen molar-refractivity contribution in [2.75, 3.05) is 20.8 Å². The highest BCUT2D eigenvalue weighted by Crippen LogP contribution is 2.30. The maximum atomic E-state index is 12.3. The lowest BCUT2D eigenvalue weighted by Crippen LogP contribution is -2.41. The fraction of sp³-hybridized carbons (Fsp3) is 0.533. The fourth-order valence-electron chi connectivity index (χ4n) is 2.11. The third-order valence-electron chi connectivity index (χ3n) is 3.02. The first kappa shape index (κ1) is 16.3. The zero-order valence-electron chi connectivity index (χ0n) is 12.6. The highest BCUT2D eigenvalue weighted by Gasteiger charge is 2.19. The Morgan fingerprint density at radius 3 is 2.50 bits per heavy atom. The van der Waals surface area contributed by atoms with E-state index in [1.807, 2.05) is 0 Å². The van der Waals surface area contributed by atoms with E-state index in [2.05, 4.69) is 19.2 Å². The van der Waals surface area contributed by atoms with Crippen molar-refractivity contribution in [1.82, 2.24) is 5.32 Å². The van der Waals surface area contributed by atoms with E-state index >= 15 is 0 Å². The summed E-state index contributed by atoms with van der Waals surface area (Å²) in [6.07, 6.45) is 0.842. The molecule has 0 saturated carbocycles. The van der Waals surface area contributed by atoms with Crippen molar-refractivity contribution in [2.24, 2.45) is 11.7 Å². The molecule has 0 fully saturated rings. The van der Waals surface area contributed by atoms with Gasteiger partial charge in [-0.25, -0.2) is 0 Å². The number of carbonyl (C=O) groups is 1. The quantitative estimate of drug-likeness (QED) is 0.799. The van der Waals surface area contributed by atoms with Crippen LogP contribution in [0.5, 0.6) is 11.5 Å². The summed E-state index contributed by atoms with van der Waals surface area (Å²) in [7, 11) is 3.06. The van der Waals surface area contributed by atoms with Crippen LogP contribution in [0.1, 0.15) is 30.6 Å². The summed E-state index contributed by atoms with van der Waals surface area (Å²) in [5.41, 5.74) is 6.16. The molecular weight excluding hydrogens is 256 g/mol. The molecule has 0 saturated heterocycles. The predicted octanol–water partition coefficient (Wildman–Crippen LogP) is 1.81. The van der Waals surface area contributed by atoms with Gasteiger partial charge in [0, 0.05) is 12.6 Å². The molecule has 0 aliphatic carbocycles. The second-order valence-corrected chi connectivity index (χ2v) is 5.08. The Bertz CT molecular complexity index is 447. The minimum Gasteiger partial charge on any atom is -0.493 e. The Hall–Kier alpha value is -1.75. The maximum Gasteiger partial charge on any atom is 0.255 e. The molecule has 112 valence electrons. The van der Waals surface area contributed by atoms with Gasteiger partial charge in [-0.2, -0.15) is 0 Å². The van der Waals surface area contributed by atoms with Crippen molar-refractivity contribution in [3.63, 3.8) is 0 Å². The lowest BCUT2D eigenvalue weighted by Gasteiger charge is -2.20. The molecule has 3 N–H and O–H groups in total. The molecule has 1 amide bonds. The van der Waals surface area contributed by atoms with Gasteiger partial charge in [-0.05, 0) is 24.5 Å². The minimum absolute atomic E-state index is 0.0431. The van der Waals surface area contributed by atoms with E-state index in [1.54, 1.807) is 25.3 Å². The van der Waals surface area contributed by atoms with E-state index in [-0.39, 0.29) is 11.9 Å². The Kier molecular flexibility index (Phi) is 6.31. The van der Waals surface area contributed by atoms with Crippen LogP contribution < -0.4 is 20.5 Å². The van der Waals surface area contributed by atoms with Crippen molar-refractivity contribution in [2.45, 2.75) is 26.3 Å². The summed E-state index contributed by atoms with van der Waals surface area (Å²) in [4.78, 5) is 12.3. The number of carbonyl (C=O) groups excluding carboxylic acids is 1. The number of hydrogen-bond acceptors (Lipinski definition) is 4. The van der Waals surface area contributed by atoms with Crippen LogP contribution in [0.2, 0.25) is 0 Å². The zero-order chi connectivity index (χ0) is 15.1. The fourth-order valence-corrected chi connectivity index (χ4v) is 2.11. The number of methoxy groups -OCH3 is 2. The number of hydrogen-bond donors (Lipinski definition) is 2. The predicted molar refractivity (Wildman–Crippen MR) is 79.3 cm³/mol. The topological polar surface area (TPSA) is 73.6 Å². The number of para-hydroxylation sites is 1. The van der Waals surface area contributed by atoms with Gasteiger partial charge in [0.05, 0.1) is 19.8 Å². The van der Waals surface area contributed by atoms with E-state index in [0.29, 0.717) is 29.5 Å². The molecule has 0 aromatic heterocycles. The first-order chi connectivity index (χ1) is 9.53. The van der Waals surface area contributed by atoms with Crippen molar-refractivity contribution in [3.8, 4) is 11.5 Å². The number of amides is 1. The third-order valence-corrected chi connectivity index (χ3v) is 3.02. The van der Waals surface area contributed by atoms with Gasteiger partial charge in [0.25, 0.3) is 5.91 Å². The molecule has 0 bridgehead atoms. The molecule has 0 aliphatic rings. The van der Waals surface area contributed by atoms with Crippen molar-refractivity contribution in [3.05, 3.63) is 23.8 Å². The number of ether oxygens (including phenoxy) is 2. The minimum atomic E-state index is -0.197. The molecular formula is C15H24N2O3. The number of nitrogens with one attached hydrogen (secondary N) is 1. The standard InChI is InChI=1S/C15H24N2O3/c1-10(2)8-11(9-16)17-15(18)12-6-5-7-13(19-3)14(12)20-4/h5-7,10-11H,8-9,16H2,1-4H3,(H,17,18). The Labute approximate surface area is 120 Å². The molecule has 1 aromatic rings. The Balaban J connectivity index is 2.91. The van der Waals surface area contributed by atoms with Gasteiger partial charge in [0.15, 0.2) is 11.5 Å². The molecule has 1 unspecified atom stereocenters. The number of rotatable bonds is 7. The molecule has 1 rings (SSSR count). The van der Waals surface area contributed by atoms with E-state index in [1.165, 1.54) is 7.11 Å². The van der Waals surface area contributed by atoms with Crippen LogP contribution in [0.15, 0.2) is 18.2 Å². The van der Waals surface area contributed by atoms with E-state index in [9.17, 15) is 4.79 Å². The van der Waals surface area contributed by atoms with Crippen LogP contribution >= 0.6 is 0 Å². The van der Waals surface area contributed by atoms with Crippen LogP contribution in [-0.2, 0) is 0 Å². The number of benzene rings is 1. The van der Waals surface area contributed by atoms with Gasteiger partial charge in [-0.1, -0.05) is 19.9 Å². The molecule has 0 radical (unpaired) electrons. The summed E-state index contributed by atoms with van der Waals surface area (Å²) in [5.74, 6) is 1.24. The zero-order valence-corrected chi connectivity index (χ0v) is 12.6. The second kappa shape index (κ2) is 7.75. The van der Waals surface area contributed by atoms with E-state index < -0.39 is 0 Å². The summed E-state index contributed by atoms with van der Waals surface area (Å²) < 4.78 is 10.5. The molecule has 5 nitrogen and oxygen atoms in total. The molecule has 20 heavy (non-hydrogen) atoms. The molecule has 1 atom stereocenters. The highest BCUT2D eigenvalue weighted by molar-refractivity contribution is 5.98. The molecule has 1 aromatic carbocycles. The van der Waals surface area contributed by atoms with Crippen molar-refractivity contribution < 1.29 is 14.3 Å². The third kappa shape index (κ3) is 4.13. The first-order valence-electron chi connectivity index (χ1n) is 6.75. The van der Waals surface area contributed by atoms with Gasteiger partial charge in [0.1, 0.15) is 0 Å². The highest BCUT2D eigenvalue weighted by atomic mass is 16.5. The SMILES string of the molecule is COc1cccc(C(=O)NC(CN)CC(C)C)c1OC. The van der Waals surface area contributed by atoms with Gasteiger partial charge in [-0.3, -0.25) is 4.79 Å². The monoisotopic (exact) mass is 280 g/mol. The number of nitrogens with two attached hydrogens (primary N) is 1. The lowest BCUT2D eigenvalue weighted by atomic mass is 10.0. The van der Waals surface area contributed by atoms with Gasteiger partial charge >= 0.3 is 0 Å². The van der Waals surface area contributed by atoms with E-state index in [4.69, 9.17) is 15.2 Å². The lowest BCUT2D eigenvalue weighted by molar-refractivity contribution is 0.0930. The average Bonchev–Trinajstić information content (AvgIpc) is 2.44. The molecule has 0 spiro atoms. The van der Waals surface area contributed by atoms with E-state index in [0.717, 1.165) is 6.42 Å². The maximum absolute atomic E-state index is 12.3. The molecule has 5 heteroatoms. The van der Waals surface area contributed by atoms with Crippen LogP contribution in [0.4, 0.5) is 0 Å². The van der Waals surface area contributed by atoms with Gasteiger partial charge < -0.3 is 20.5 Å². The van der Waals surface area contributed by atoms with Crippen LogP contribution in [-0.4, -0.2) is 32.7 Å². The normalized spacial score (nSPS) is 12.1. The summed E-state index contributed by atoms with van der Waals surface area (Å²) in [5, 5.41) is 2.94. The van der Waals surface area contributed by atoms with Crippen LogP contribution in [0, 0.1) is 5.92 Å². The van der Waals surface area contributed by atoms with Crippen molar-refractivity contribution >= 4 is 5.91 Å². The largest absolute Gasteiger partial charge is 0.493 e. The molecule has 0 heterocycles. The van der Waals surface area contributed by atoms with Gasteiger partial charge in [-0.15, -0.1) is 0 Å². The van der Waals surface area contributed by atoms with Crippen LogP contribution in [0.3, 0.4) is 0 Å². The summed E-state index contributed by atoms with van der Waals surface area (Å²) in [6, 6.07) is 5.18. The first-order valence-corrected chi connectivity index (χ1v) is 6.75. The average molecular weight is 280 g/mol. The summed E-state index contributed by atoms with van der Waals surface area (Å²) in [6.45, 7) is 4.61. The summed E-state index contributed by atoms with van der Waals surface area (Å²) >= 11 is 0. The Morgan fingerprint density at radius 2 is 2.00 bits per heavy atom. The van der Waals surface area contributed by atoms with Crippen molar-refractivity contribution in [1.29, 1.82) is 0 Å². The molecule has 0 aliphatic heterocycles. The van der Waals surface area contributed by atoms with Crippen LogP contribution in [0.25, 0.3) is 0 Å². The second-order valence-electron chi connectivity index (χ2n) is 5.08. The smallest absolute Gasteiger partial charge is 0.255 e. The van der Waals surface area contributed by atoms with Gasteiger partial charge in [0.2, 0.25) is 0 Å².